The van der Waals surface area contributed by atoms with Crippen LogP contribution in [0.1, 0.15) is 57.7 Å². The SMILES string of the molecule is CCCOc1ccc(CN2C(=O)c3ccc4c5c(ccc(c35)C2=O)CC4)cc1OCC. The smallest absolute Gasteiger partial charge is 0.261 e. The van der Waals surface area contributed by atoms with E-state index in [2.05, 4.69) is 0 Å². The zero-order valence-corrected chi connectivity index (χ0v) is 17.9. The van der Waals surface area contributed by atoms with E-state index in [0.717, 1.165) is 35.6 Å². The van der Waals surface area contributed by atoms with Gasteiger partial charge in [0, 0.05) is 16.5 Å². The normalized spacial score (nSPS) is 14.5. The Morgan fingerprint density at radius 1 is 0.806 bits per heavy atom. The maximum atomic E-state index is 13.3. The van der Waals surface area contributed by atoms with Gasteiger partial charge in [0.15, 0.2) is 11.5 Å². The van der Waals surface area contributed by atoms with Gasteiger partial charge in [-0.2, -0.15) is 0 Å². The highest BCUT2D eigenvalue weighted by Crippen LogP contribution is 2.39. The van der Waals surface area contributed by atoms with E-state index in [0.29, 0.717) is 35.8 Å². The first-order chi connectivity index (χ1) is 15.1. The molecule has 2 amide bonds. The lowest BCUT2D eigenvalue weighted by Crippen LogP contribution is -2.39. The van der Waals surface area contributed by atoms with Crippen LogP contribution in [0.15, 0.2) is 42.5 Å². The first-order valence-electron chi connectivity index (χ1n) is 10.9. The van der Waals surface area contributed by atoms with Crippen LogP contribution in [0.4, 0.5) is 0 Å². The van der Waals surface area contributed by atoms with E-state index < -0.39 is 0 Å². The van der Waals surface area contributed by atoms with Gasteiger partial charge >= 0.3 is 0 Å². The lowest BCUT2D eigenvalue weighted by atomic mass is 9.91. The number of ether oxygens (including phenoxy) is 2. The van der Waals surface area contributed by atoms with Crippen molar-refractivity contribution in [1.82, 2.24) is 4.90 Å². The van der Waals surface area contributed by atoms with E-state index >= 15 is 0 Å². The molecular formula is C26H25NO4. The molecule has 0 saturated heterocycles. The van der Waals surface area contributed by atoms with E-state index in [-0.39, 0.29) is 18.4 Å². The maximum absolute atomic E-state index is 13.3. The van der Waals surface area contributed by atoms with Gasteiger partial charge in [-0.15, -0.1) is 0 Å². The Morgan fingerprint density at radius 2 is 1.48 bits per heavy atom. The van der Waals surface area contributed by atoms with Crippen molar-refractivity contribution in [3.05, 3.63) is 70.3 Å². The highest BCUT2D eigenvalue weighted by Gasteiger charge is 2.35. The molecule has 0 radical (unpaired) electrons. The fraction of sp³-hybridized carbons (Fsp3) is 0.308. The van der Waals surface area contributed by atoms with Crippen molar-refractivity contribution in [3.63, 3.8) is 0 Å². The van der Waals surface area contributed by atoms with Crippen molar-refractivity contribution < 1.29 is 19.1 Å². The molecule has 1 heterocycles. The lowest BCUT2D eigenvalue weighted by molar-refractivity contribution is 0.0598. The highest BCUT2D eigenvalue weighted by atomic mass is 16.5. The van der Waals surface area contributed by atoms with E-state index in [1.807, 2.05) is 56.3 Å². The van der Waals surface area contributed by atoms with Crippen molar-refractivity contribution in [3.8, 4) is 11.5 Å². The van der Waals surface area contributed by atoms with Gasteiger partial charge in [-0.1, -0.05) is 25.1 Å². The number of carbonyl (C=O) groups excluding carboxylic acids is 2. The number of rotatable bonds is 7. The number of imide groups is 1. The van der Waals surface area contributed by atoms with Gasteiger partial charge < -0.3 is 9.47 Å². The standard InChI is InChI=1S/C26H25NO4/c1-3-13-31-21-12-5-16(14-22(21)30-4-2)15-27-25(28)19-10-8-17-6-7-18-9-11-20(26(27)29)24(19)23(17)18/h5,8-12,14H,3-4,6-7,13,15H2,1-2H3. The monoisotopic (exact) mass is 415 g/mol. The first kappa shape index (κ1) is 19.6. The summed E-state index contributed by atoms with van der Waals surface area (Å²) >= 11 is 0. The van der Waals surface area contributed by atoms with Crippen LogP contribution in [0.25, 0.3) is 10.8 Å². The van der Waals surface area contributed by atoms with Crippen LogP contribution >= 0.6 is 0 Å². The Bertz CT molecular complexity index is 1150. The number of aryl methyl sites for hydroxylation is 2. The molecule has 0 fully saturated rings. The maximum Gasteiger partial charge on any atom is 0.261 e. The lowest BCUT2D eigenvalue weighted by Gasteiger charge is -2.28. The van der Waals surface area contributed by atoms with E-state index in [4.69, 9.17) is 9.47 Å². The number of hydrogen-bond acceptors (Lipinski definition) is 4. The van der Waals surface area contributed by atoms with E-state index in [1.54, 1.807) is 0 Å². The first-order valence-corrected chi connectivity index (χ1v) is 10.9. The highest BCUT2D eigenvalue weighted by molar-refractivity contribution is 6.26. The summed E-state index contributed by atoms with van der Waals surface area (Å²) < 4.78 is 11.5. The Morgan fingerprint density at radius 3 is 2.10 bits per heavy atom. The molecule has 1 aliphatic heterocycles. The molecule has 158 valence electrons. The van der Waals surface area contributed by atoms with Crippen LogP contribution in [0, 0.1) is 0 Å². The van der Waals surface area contributed by atoms with Crippen LogP contribution in [0.5, 0.6) is 11.5 Å². The Kier molecular flexibility index (Phi) is 4.89. The van der Waals surface area contributed by atoms with Gasteiger partial charge in [-0.25, -0.2) is 0 Å². The summed E-state index contributed by atoms with van der Waals surface area (Å²) in [6, 6.07) is 13.4. The summed E-state index contributed by atoms with van der Waals surface area (Å²) in [7, 11) is 0. The number of amides is 2. The minimum atomic E-state index is -0.239. The molecule has 0 aromatic heterocycles. The van der Waals surface area contributed by atoms with E-state index in [9.17, 15) is 9.59 Å². The van der Waals surface area contributed by atoms with Gasteiger partial charge in [-0.3, -0.25) is 14.5 Å². The van der Waals surface area contributed by atoms with Crippen molar-refractivity contribution >= 4 is 22.6 Å². The summed E-state index contributed by atoms with van der Waals surface area (Å²) in [5.74, 6) is 0.833. The minimum Gasteiger partial charge on any atom is -0.490 e. The van der Waals surface area contributed by atoms with Crippen LogP contribution in [0.2, 0.25) is 0 Å². The Balaban J connectivity index is 1.50. The molecule has 0 bridgehead atoms. The van der Waals surface area contributed by atoms with Crippen LogP contribution < -0.4 is 9.47 Å². The molecular weight excluding hydrogens is 390 g/mol. The van der Waals surface area contributed by atoms with Gasteiger partial charge in [0.05, 0.1) is 19.8 Å². The van der Waals surface area contributed by atoms with Gasteiger partial charge in [-0.05, 0) is 72.5 Å². The molecule has 31 heavy (non-hydrogen) atoms. The average Bonchev–Trinajstić information content (AvgIpc) is 3.21. The third kappa shape index (κ3) is 3.16. The van der Waals surface area contributed by atoms with Gasteiger partial charge in [0.2, 0.25) is 0 Å². The predicted octanol–water partition coefficient (Wildman–Crippen LogP) is 4.92. The van der Waals surface area contributed by atoms with Crippen molar-refractivity contribution in [2.24, 2.45) is 0 Å². The zero-order chi connectivity index (χ0) is 21.5. The zero-order valence-electron chi connectivity index (χ0n) is 17.9. The molecule has 5 nitrogen and oxygen atoms in total. The summed E-state index contributed by atoms with van der Waals surface area (Å²) in [5, 5.41) is 1.93. The number of nitrogens with zero attached hydrogens (tertiary/aromatic N) is 1. The number of benzene rings is 3. The molecule has 5 heteroatoms. The fourth-order valence-corrected chi connectivity index (χ4v) is 4.64. The molecule has 1 aliphatic carbocycles. The summed E-state index contributed by atoms with van der Waals surface area (Å²) in [5.41, 5.74) is 4.52. The molecule has 0 unspecified atom stereocenters. The summed E-state index contributed by atoms with van der Waals surface area (Å²) in [6.45, 7) is 5.27. The third-order valence-electron chi connectivity index (χ3n) is 6.06. The molecule has 0 saturated carbocycles. The summed E-state index contributed by atoms with van der Waals surface area (Å²) in [6.07, 6.45) is 2.83. The fourth-order valence-electron chi connectivity index (χ4n) is 4.64. The summed E-state index contributed by atoms with van der Waals surface area (Å²) in [4.78, 5) is 28.0. The van der Waals surface area contributed by atoms with Crippen LogP contribution in [-0.2, 0) is 19.4 Å². The predicted molar refractivity (Wildman–Crippen MR) is 119 cm³/mol. The largest absolute Gasteiger partial charge is 0.490 e. The molecule has 0 atom stereocenters. The molecule has 0 N–H and O–H groups in total. The van der Waals surface area contributed by atoms with Gasteiger partial charge in [0.25, 0.3) is 11.8 Å². The second-order valence-corrected chi connectivity index (χ2v) is 8.05. The van der Waals surface area contributed by atoms with Crippen molar-refractivity contribution in [2.45, 2.75) is 39.7 Å². The molecule has 5 rings (SSSR count). The van der Waals surface area contributed by atoms with Crippen molar-refractivity contribution in [2.75, 3.05) is 13.2 Å². The number of carbonyl (C=O) groups is 2. The van der Waals surface area contributed by atoms with Gasteiger partial charge in [0.1, 0.15) is 0 Å². The minimum absolute atomic E-state index is 0.191. The Hall–Kier alpha value is -3.34. The third-order valence-corrected chi connectivity index (χ3v) is 6.06. The van der Waals surface area contributed by atoms with Crippen LogP contribution in [-0.4, -0.2) is 29.9 Å². The second kappa shape index (κ2) is 7.73. The molecule has 3 aromatic rings. The molecule has 2 aliphatic rings. The van der Waals surface area contributed by atoms with Crippen molar-refractivity contribution in [1.29, 1.82) is 0 Å². The van der Waals surface area contributed by atoms with Crippen LogP contribution in [0.3, 0.4) is 0 Å². The Labute approximate surface area is 181 Å². The molecule has 0 spiro atoms. The van der Waals surface area contributed by atoms with E-state index in [1.165, 1.54) is 16.0 Å². The second-order valence-electron chi connectivity index (χ2n) is 8.05. The average molecular weight is 415 g/mol. The quantitative estimate of drug-likeness (QED) is 0.514. The number of hydrogen-bond donors (Lipinski definition) is 0. The molecule has 3 aromatic carbocycles. The topological polar surface area (TPSA) is 55.8 Å².